The lowest BCUT2D eigenvalue weighted by Crippen LogP contribution is -2.40. The summed E-state index contributed by atoms with van der Waals surface area (Å²) in [6.07, 6.45) is -9.27. The third kappa shape index (κ3) is 7.12. The molecular weight excluding hydrogens is 555 g/mol. The molecule has 1 heterocycles. The van der Waals surface area contributed by atoms with Gasteiger partial charge in [0.05, 0.1) is 18.6 Å². The predicted octanol–water partition coefficient (Wildman–Crippen LogP) is 8.98. The van der Waals surface area contributed by atoms with Crippen molar-refractivity contribution in [3.8, 4) is 16.9 Å². The molecule has 220 valence electrons. The molecule has 2 aromatic rings. The summed E-state index contributed by atoms with van der Waals surface area (Å²) in [6, 6.07) is 5.35. The molecule has 2 fully saturated rings. The van der Waals surface area contributed by atoms with Crippen LogP contribution in [0.25, 0.3) is 11.1 Å². The summed E-state index contributed by atoms with van der Waals surface area (Å²) < 4.78 is 136. The van der Waals surface area contributed by atoms with E-state index in [9.17, 15) is 39.5 Å². The van der Waals surface area contributed by atoms with E-state index in [1.54, 1.807) is 0 Å². The first-order valence-corrected chi connectivity index (χ1v) is 12.7. The van der Waals surface area contributed by atoms with Crippen LogP contribution in [0, 0.1) is 29.4 Å². The van der Waals surface area contributed by atoms with Crippen molar-refractivity contribution < 1.29 is 53.7 Å². The van der Waals surface area contributed by atoms with Crippen LogP contribution in [0.5, 0.6) is 5.75 Å². The number of halogens is 9. The maximum atomic E-state index is 14.9. The zero-order valence-corrected chi connectivity index (χ0v) is 21.1. The largest absolute Gasteiger partial charge is 0.527 e. The molecule has 2 aromatic carbocycles. The van der Waals surface area contributed by atoms with Crippen LogP contribution < -0.4 is 4.74 Å². The standard InChI is InChI=1S/C28H27F9O3/c1-2-16-3-12-24(38-15-16)18-4-8-20(9-5-18)26(31,32)39-21-10-6-17(7-11-21)19-13-22(29)25(23(30)14-19)27(33,34)40-28(35,36)37/h2,6-7,10-11,13-14,16,18,20,24H,1,3-5,8-9,12,15H2. The van der Waals surface area contributed by atoms with Gasteiger partial charge in [-0.25, -0.2) is 13.5 Å². The van der Waals surface area contributed by atoms with Crippen molar-refractivity contribution in [2.75, 3.05) is 6.61 Å². The molecule has 0 amide bonds. The zero-order chi connectivity index (χ0) is 29.3. The minimum absolute atomic E-state index is 0.0201. The summed E-state index contributed by atoms with van der Waals surface area (Å²) in [6.45, 7) is 4.36. The normalized spacial score (nSPS) is 24.5. The molecular formula is C28H27F9O3. The molecule has 0 radical (unpaired) electrons. The maximum Gasteiger partial charge on any atom is 0.527 e. The van der Waals surface area contributed by atoms with Crippen molar-refractivity contribution in [3.05, 3.63) is 66.3 Å². The monoisotopic (exact) mass is 582 g/mol. The van der Waals surface area contributed by atoms with Gasteiger partial charge < -0.3 is 9.47 Å². The van der Waals surface area contributed by atoms with Crippen LogP contribution in [0.2, 0.25) is 0 Å². The molecule has 2 atom stereocenters. The van der Waals surface area contributed by atoms with Crippen molar-refractivity contribution in [2.24, 2.45) is 17.8 Å². The van der Waals surface area contributed by atoms with E-state index in [1.165, 1.54) is 0 Å². The van der Waals surface area contributed by atoms with Gasteiger partial charge in [-0.1, -0.05) is 18.2 Å². The lowest BCUT2D eigenvalue weighted by atomic mass is 9.77. The fraction of sp³-hybridized carbons (Fsp3) is 0.500. The van der Waals surface area contributed by atoms with Crippen LogP contribution in [0.1, 0.15) is 44.1 Å². The highest BCUT2D eigenvalue weighted by Gasteiger charge is 2.49. The van der Waals surface area contributed by atoms with E-state index in [2.05, 4.69) is 11.3 Å². The van der Waals surface area contributed by atoms with Crippen LogP contribution >= 0.6 is 0 Å². The van der Waals surface area contributed by atoms with Gasteiger partial charge in [0, 0.05) is 5.92 Å². The smallest absolute Gasteiger partial charge is 0.432 e. The first kappa shape index (κ1) is 30.2. The second-order valence-electron chi connectivity index (χ2n) is 10.1. The van der Waals surface area contributed by atoms with Crippen molar-refractivity contribution in [3.63, 3.8) is 0 Å². The second kappa shape index (κ2) is 11.6. The molecule has 3 nitrogen and oxygen atoms in total. The SMILES string of the molecule is C=CC1CCC(C2CCC(C(F)(F)Oc3ccc(-c4cc(F)c(C(F)(F)OC(F)(F)F)c(F)c4)cc3)CC2)OC1. The van der Waals surface area contributed by atoms with Crippen LogP contribution in [-0.4, -0.2) is 25.2 Å². The minimum Gasteiger partial charge on any atom is -0.432 e. The average Bonchev–Trinajstić information content (AvgIpc) is 2.87. The van der Waals surface area contributed by atoms with E-state index in [0.717, 1.165) is 37.1 Å². The van der Waals surface area contributed by atoms with Gasteiger partial charge in [-0.3, -0.25) is 0 Å². The van der Waals surface area contributed by atoms with Crippen LogP contribution in [-0.2, 0) is 15.6 Å². The number of benzene rings is 2. The molecule has 12 heteroatoms. The Bertz CT molecular complexity index is 1140. The molecule has 0 spiro atoms. The van der Waals surface area contributed by atoms with E-state index >= 15 is 0 Å². The third-order valence-electron chi connectivity index (χ3n) is 7.47. The van der Waals surface area contributed by atoms with Gasteiger partial charge in [0.2, 0.25) is 0 Å². The Kier molecular flexibility index (Phi) is 8.79. The van der Waals surface area contributed by atoms with Crippen molar-refractivity contribution >= 4 is 0 Å². The molecule has 0 bridgehead atoms. The van der Waals surface area contributed by atoms with Crippen LogP contribution in [0.4, 0.5) is 39.5 Å². The van der Waals surface area contributed by atoms with Gasteiger partial charge in [-0.05, 0) is 79.8 Å². The summed E-state index contributed by atoms with van der Waals surface area (Å²) in [5.41, 5.74) is -2.51. The quantitative estimate of drug-likeness (QED) is 0.230. The number of hydrogen-bond donors (Lipinski definition) is 0. The van der Waals surface area contributed by atoms with Crippen LogP contribution in [0.3, 0.4) is 0 Å². The second-order valence-corrected chi connectivity index (χ2v) is 10.1. The Balaban J connectivity index is 1.38. The first-order chi connectivity index (χ1) is 18.7. The summed E-state index contributed by atoms with van der Waals surface area (Å²) in [4.78, 5) is 0. The third-order valence-corrected chi connectivity index (χ3v) is 7.47. The summed E-state index contributed by atoms with van der Waals surface area (Å²) in [7, 11) is 0. The number of hydrogen-bond acceptors (Lipinski definition) is 3. The molecule has 1 aliphatic heterocycles. The highest BCUT2D eigenvalue weighted by atomic mass is 19.4. The Morgan fingerprint density at radius 2 is 1.40 bits per heavy atom. The molecule has 1 saturated carbocycles. The maximum absolute atomic E-state index is 14.9. The molecule has 0 N–H and O–H groups in total. The summed E-state index contributed by atoms with van der Waals surface area (Å²) in [5, 5.41) is 0. The molecule has 1 saturated heterocycles. The molecule has 40 heavy (non-hydrogen) atoms. The van der Waals surface area contributed by atoms with Crippen LogP contribution in [0.15, 0.2) is 49.1 Å². The van der Waals surface area contributed by atoms with Gasteiger partial charge in [0.1, 0.15) is 22.9 Å². The molecule has 2 unspecified atom stereocenters. The predicted molar refractivity (Wildman–Crippen MR) is 127 cm³/mol. The number of ether oxygens (including phenoxy) is 3. The average molecular weight is 583 g/mol. The van der Waals surface area contributed by atoms with Crippen molar-refractivity contribution in [1.29, 1.82) is 0 Å². The fourth-order valence-corrected chi connectivity index (χ4v) is 5.35. The topological polar surface area (TPSA) is 27.7 Å². The highest BCUT2D eigenvalue weighted by Crippen LogP contribution is 2.43. The van der Waals surface area contributed by atoms with Crippen molar-refractivity contribution in [1.82, 2.24) is 0 Å². The summed E-state index contributed by atoms with van der Waals surface area (Å²) in [5.74, 6) is -4.70. The van der Waals surface area contributed by atoms with E-state index in [-0.39, 0.29) is 41.7 Å². The lowest BCUT2D eigenvalue weighted by molar-refractivity contribution is -0.432. The molecule has 2 aliphatic rings. The van der Waals surface area contributed by atoms with Gasteiger partial charge in [0.25, 0.3) is 0 Å². The first-order valence-electron chi connectivity index (χ1n) is 12.7. The van der Waals surface area contributed by atoms with Gasteiger partial charge in [-0.15, -0.1) is 19.8 Å². The zero-order valence-electron chi connectivity index (χ0n) is 21.1. The number of alkyl halides is 7. The van der Waals surface area contributed by atoms with Crippen molar-refractivity contribution in [2.45, 2.75) is 63.2 Å². The van der Waals surface area contributed by atoms with Gasteiger partial charge in [0.15, 0.2) is 0 Å². The van der Waals surface area contributed by atoms with E-state index in [0.29, 0.717) is 37.5 Å². The van der Waals surface area contributed by atoms with E-state index < -0.39 is 41.7 Å². The molecule has 4 rings (SSSR count). The van der Waals surface area contributed by atoms with Gasteiger partial charge >= 0.3 is 18.6 Å². The lowest BCUT2D eigenvalue weighted by Gasteiger charge is -2.38. The molecule has 1 aliphatic carbocycles. The van der Waals surface area contributed by atoms with E-state index in [1.807, 2.05) is 6.08 Å². The highest BCUT2D eigenvalue weighted by molar-refractivity contribution is 5.65. The Morgan fingerprint density at radius 3 is 1.90 bits per heavy atom. The fourth-order valence-electron chi connectivity index (χ4n) is 5.35. The minimum atomic E-state index is -5.85. The Morgan fingerprint density at radius 1 is 0.800 bits per heavy atom. The Hall–Kier alpha value is -2.73. The Labute approximate surface area is 224 Å². The van der Waals surface area contributed by atoms with E-state index in [4.69, 9.17) is 9.47 Å². The molecule has 0 aromatic heterocycles. The number of rotatable bonds is 8. The summed E-state index contributed by atoms with van der Waals surface area (Å²) >= 11 is 0. The van der Waals surface area contributed by atoms with Gasteiger partial charge in [-0.2, -0.15) is 17.6 Å².